The second-order valence-electron chi connectivity index (χ2n) is 6.48. The zero-order chi connectivity index (χ0) is 15.7. The Balaban J connectivity index is 1.95. The third-order valence-corrected chi connectivity index (χ3v) is 5.13. The van der Waals surface area contributed by atoms with Crippen LogP contribution in [0.3, 0.4) is 0 Å². The predicted molar refractivity (Wildman–Crippen MR) is 89.1 cm³/mol. The van der Waals surface area contributed by atoms with E-state index in [-0.39, 0.29) is 17.7 Å². The molecular weight excluding hydrogens is 276 g/mol. The third-order valence-electron chi connectivity index (χ3n) is 5.13. The molecule has 1 saturated heterocycles. The molecule has 1 aliphatic heterocycles. The lowest BCUT2D eigenvalue weighted by atomic mass is 9.93. The van der Waals surface area contributed by atoms with Crippen LogP contribution < -0.4 is 5.56 Å². The largest absolute Gasteiger partial charge is 0.394 e. The van der Waals surface area contributed by atoms with Gasteiger partial charge in [-0.2, -0.15) is 0 Å². The molecule has 1 atom stereocenters. The predicted octanol–water partition coefficient (Wildman–Crippen LogP) is 2.57. The smallest absolute Gasteiger partial charge is 0.252 e. The summed E-state index contributed by atoms with van der Waals surface area (Å²) in [6.07, 6.45) is 3.00. The van der Waals surface area contributed by atoms with Gasteiger partial charge in [0.25, 0.3) is 5.56 Å². The van der Waals surface area contributed by atoms with E-state index in [1.165, 1.54) is 0 Å². The van der Waals surface area contributed by atoms with Crippen molar-refractivity contribution in [3.8, 4) is 0 Å². The molecule has 22 heavy (non-hydrogen) atoms. The van der Waals surface area contributed by atoms with Gasteiger partial charge in [-0.15, -0.1) is 0 Å². The maximum Gasteiger partial charge on any atom is 0.252 e. The molecule has 1 fully saturated rings. The summed E-state index contributed by atoms with van der Waals surface area (Å²) in [4.78, 5) is 17.6. The van der Waals surface area contributed by atoms with Crippen LogP contribution in [0.15, 0.2) is 29.1 Å². The number of likely N-dealkylation sites (tertiary alicyclic amines) is 1. The van der Waals surface area contributed by atoms with Crippen molar-refractivity contribution >= 4 is 10.9 Å². The van der Waals surface area contributed by atoms with E-state index in [9.17, 15) is 9.90 Å². The number of hydrogen-bond acceptors (Lipinski definition) is 3. The average molecular weight is 300 g/mol. The van der Waals surface area contributed by atoms with Gasteiger partial charge in [-0.25, -0.2) is 0 Å². The first-order valence-electron chi connectivity index (χ1n) is 8.06. The number of aliphatic hydroxyl groups excluding tert-OH is 1. The number of aryl methyl sites for hydroxylation is 1. The van der Waals surface area contributed by atoms with Crippen LogP contribution in [0.25, 0.3) is 10.9 Å². The van der Waals surface area contributed by atoms with E-state index < -0.39 is 0 Å². The first-order chi connectivity index (χ1) is 10.6. The molecule has 0 bridgehead atoms. The minimum Gasteiger partial charge on any atom is -0.394 e. The molecule has 2 aromatic rings. The monoisotopic (exact) mass is 300 g/mol. The van der Waals surface area contributed by atoms with Crippen LogP contribution in [0.1, 0.15) is 37.3 Å². The van der Waals surface area contributed by atoms with Gasteiger partial charge < -0.3 is 10.1 Å². The van der Waals surface area contributed by atoms with E-state index >= 15 is 0 Å². The highest BCUT2D eigenvalue weighted by atomic mass is 16.3. The number of fused-ring (bicyclic) bond motifs is 1. The van der Waals surface area contributed by atoms with Gasteiger partial charge in [-0.1, -0.05) is 19.1 Å². The SMILES string of the molecule is CC[C@@]1(CO)CCCN1Cc1cc2ccc(C)cc2[nH]c1=O. The number of aromatic nitrogens is 1. The molecule has 0 spiro atoms. The molecule has 3 rings (SSSR count). The molecular formula is C18H24N2O2. The summed E-state index contributed by atoms with van der Waals surface area (Å²) in [7, 11) is 0. The Morgan fingerprint density at radius 1 is 1.36 bits per heavy atom. The topological polar surface area (TPSA) is 56.3 Å². The van der Waals surface area contributed by atoms with Gasteiger partial charge >= 0.3 is 0 Å². The number of H-pyrrole nitrogens is 1. The molecule has 0 saturated carbocycles. The van der Waals surface area contributed by atoms with Crippen LogP contribution in [0.2, 0.25) is 0 Å². The molecule has 0 radical (unpaired) electrons. The highest BCUT2D eigenvalue weighted by Crippen LogP contribution is 2.33. The maximum atomic E-state index is 12.4. The van der Waals surface area contributed by atoms with Crippen LogP contribution in [-0.2, 0) is 6.54 Å². The standard InChI is InChI=1S/C18H24N2O2/c1-3-18(12-21)7-4-8-20(18)11-15-10-14-6-5-13(2)9-16(14)19-17(15)22/h5-6,9-10,21H,3-4,7-8,11-12H2,1-2H3,(H,19,22)/t18-/m0/s1. The van der Waals surface area contributed by atoms with E-state index in [2.05, 4.69) is 22.9 Å². The Kier molecular flexibility index (Phi) is 4.06. The molecule has 118 valence electrons. The van der Waals surface area contributed by atoms with Gasteiger partial charge in [0.1, 0.15) is 0 Å². The van der Waals surface area contributed by atoms with Crippen molar-refractivity contribution in [3.63, 3.8) is 0 Å². The van der Waals surface area contributed by atoms with E-state index in [0.717, 1.165) is 47.8 Å². The Hall–Kier alpha value is -1.65. The molecule has 4 nitrogen and oxygen atoms in total. The van der Waals surface area contributed by atoms with E-state index in [0.29, 0.717) is 6.54 Å². The number of aromatic amines is 1. The molecule has 0 amide bonds. The van der Waals surface area contributed by atoms with Crippen molar-refractivity contribution in [2.24, 2.45) is 0 Å². The summed E-state index contributed by atoms with van der Waals surface area (Å²) in [5, 5.41) is 10.9. The quantitative estimate of drug-likeness (QED) is 0.912. The summed E-state index contributed by atoms with van der Waals surface area (Å²) in [5.74, 6) is 0. The summed E-state index contributed by atoms with van der Waals surface area (Å²) in [5.41, 5.74) is 2.63. The fraction of sp³-hybridized carbons (Fsp3) is 0.500. The summed E-state index contributed by atoms with van der Waals surface area (Å²) < 4.78 is 0. The Bertz CT molecular complexity index is 731. The molecule has 0 aliphatic carbocycles. The second-order valence-corrected chi connectivity index (χ2v) is 6.48. The number of nitrogens with one attached hydrogen (secondary N) is 1. The fourth-order valence-electron chi connectivity index (χ4n) is 3.62. The molecule has 0 unspecified atom stereocenters. The second kappa shape index (κ2) is 5.86. The van der Waals surface area contributed by atoms with E-state index in [1.54, 1.807) is 0 Å². The van der Waals surface area contributed by atoms with Crippen LogP contribution in [-0.4, -0.2) is 33.7 Å². The first kappa shape index (κ1) is 15.3. The van der Waals surface area contributed by atoms with Crippen LogP contribution >= 0.6 is 0 Å². The molecule has 1 aromatic carbocycles. The van der Waals surface area contributed by atoms with Gasteiger partial charge in [0.05, 0.1) is 6.61 Å². The molecule has 1 aromatic heterocycles. The summed E-state index contributed by atoms with van der Waals surface area (Å²) >= 11 is 0. The van der Waals surface area contributed by atoms with Gasteiger partial charge in [-0.05, 0) is 55.8 Å². The van der Waals surface area contributed by atoms with Crippen LogP contribution in [0.4, 0.5) is 0 Å². The number of nitrogens with zero attached hydrogens (tertiary/aromatic N) is 1. The van der Waals surface area contributed by atoms with Crippen LogP contribution in [0, 0.1) is 6.92 Å². The number of pyridine rings is 1. The Labute approximate surface area is 130 Å². The third kappa shape index (κ3) is 2.57. The van der Waals surface area contributed by atoms with Crippen molar-refractivity contribution in [2.75, 3.05) is 13.2 Å². The van der Waals surface area contributed by atoms with Gasteiger partial charge in [-0.3, -0.25) is 9.69 Å². The molecule has 4 heteroatoms. The molecule has 1 aliphatic rings. The van der Waals surface area contributed by atoms with Crippen molar-refractivity contribution < 1.29 is 5.11 Å². The van der Waals surface area contributed by atoms with E-state index in [4.69, 9.17) is 0 Å². The lowest BCUT2D eigenvalue weighted by Gasteiger charge is -2.36. The zero-order valence-corrected chi connectivity index (χ0v) is 13.4. The van der Waals surface area contributed by atoms with Gasteiger partial charge in [0.2, 0.25) is 0 Å². The van der Waals surface area contributed by atoms with Crippen molar-refractivity contribution in [1.29, 1.82) is 0 Å². The highest BCUT2D eigenvalue weighted by molar-refractivity contribution is 5.79. The maximum absolute atomic E-state index is 12.4. The first-order valence-corrected chi connectivity index (χ1v) is 8.06. The van der Waals surface area contributed by atoms with Crippen molar-refractivity contribution in [3.05, 3.63) is 45.7 Å². The van der Waals surface area contributed by atoms with Crippen molar-refractivity contribution in [2.45, 2.75) is 45.2 Å². The Morgan fingerprint density at radius 2 is 2.18 bits per heavy atom. The average Bonchev–Trinajstić information content (AvgIpc) is 2.91. The minimum atomic E-state index is -0.158. The lowest BCUT2D eigenvalue weighted by molar-refractivity contribution is 0.0546. The fourth-order valence-corrected chi connectivity index (χ4v) is 3.62. The highest BCUT2D eigenvalue weighted by Gasteiger charge is 2.38. The van der Waals surface area contributed by atoms with E-state index in [1.807, 2.05) is 25.1 Å². The normalized spacial score (nSPS) is 22.5. The number of hydrogen-bond donors (Lipinski definition) is 2. The van der Waals surface area contributed by atoms with Crippen LogP contribution in [0.5, 0.6) is 0 Å². The number of rotatable bonds is 4. The van der Waals surface area contributed by atoms with Crippen molar-refractivity contribution in [1.82, 2.24) is 9.88 Å². The molecule has 2 N–H and O–H groups in total. The van der Waals surface area contributed by atoms with Gasteiger partial charge in [0.15, 0.2) is 0 Å². The Morgan fingerprint density at radius 3 is 2.91 bits per heavy atom. The number of aliphatic hydroxyl groups is 1. The summed E-state index contributed by atoms with van der Waals surface area (Å²) in [6, 6.07) is 8.10. The minimum absolute atomic E-state index is 0.0204. The summed E-state index contributed by atoms with van der Waals surface area (Å²) in [6.45, 7) is 5.84. The lowest BCUT2D eigenvalue weighted by Crippen LogP contribution is -2.46. The van der Waals surface area contributed by atoms with Gasteiger partial charge in [0, 0.05) is 23.2 Å². The number of benzene rings is 1. The molecule has 2 heterocycles. The zero-order valence-electron chi connectivity index (χ0n) is 13.4.